The molecule has 0 radical (unpaired) electrons. The Hall–Kier alpha value is -2.47. The lowest BCUT2D eigenvalue weighted by Crippen LogP contribution is -2.04. The van der Waals surface area contributed by atoms with Crippen molar-refractivity contribution >= 4 is 0 Å². The third-order valence-corrected chi connectivity index (χ3v) is 2.95. The van der Waals surface area contributed by atoms with Gasteiger partial charge in [-0.15, -0.1) is 5.10 Å². The van der Waals surface area contributed by atoms with Crippen LogP contribution in [0.15, 0.2) is 48.9 Å². The summed E-state index contributed by atoms with van der Waals surface area (Å²) in [5, 5.41) is 18.1. The maximum absolute atomic E-state index is 9.44. The molecule has 0 fully saturated rings. The summed E-state index contributed by atoms with van der Waals surface area (Å²) in [6.07, 6.45) is 2.93. The zero-order valence-electron chi connectivity index (χ0n) is 11.1. The summed E-state index contributed by atoms with van der Waals surface area (Å²) in [7, 11) is 0. The standard InChI is InChI=1S/C14H15N5O/c1-11(20)13-7-8-18(16-13)9-14-15-10-19(17-14)12-5-3-2-4-6-12/h2-8,10-11,20H,9H2,1H3/t11-/m0/s1. The van der Waals surface area contributed by atoms with Crippen molar-refractivity contribution in [2.75, 3.05) is 0 Å². The van der Waals surface area contributed by atoms with Gasteiger partial charge in [0.05, 0.1) is 17.5 Å². The summed E-state index contributed by atoms with van der Waals surface area (Å²) >= 11 is 0. The first-order valence-electron chi connectivity index (χ1n) is 6.40. The van der Waals surface area contributed by atoms with E-state index in [0.29, 0.717) is 18.1 Å². The predicted molar refractivity (Wildman–Crippen MR) is 73.3 cm³/mol. The highest BCUT2D eigenvalue weighted by atomic mass is 16.3. The van der Waals surface area contributed by atoms with Crippen molar-refractivity contribution in [3.63, 3.8) is 0 Å². The van der Waals surface area contributed by atoms with Crippen molar-refractivity contribution in [3.05, 3.63) is 60.4 Å². The van der Waals surface area contributed by atoms with E-state index in [4.69, 9.17) is 0 Å². The molecule has 0 saturated heterocycles. The molecule has 0 aliphatic carbocycles. The highest BCUT2D eigenvalue weighted by Gasteiger charge is 2.07. The first-order valence-corrected chi connectivity index (χ1v) is 6.40. The van der Waals surface area contributed by atoms with Gasteiger partial charge in [-0.1, -0.05) is 18.2 Å². The summed E-state index contributed by atoms with van der Waals surface area (Å²) in [4.78, 5) is 4.27. The molecular formula is C14H15N5O. The second-order valence-electron chi connectivity index (χ2n) is 4.56. The zero-order valence-corrected chi connectivity index (χ0v) is 11.1. The number of aromatic nitrogens is 5. The maximum atomic E-state index is 9.44. The molecule has 0 bridgehead atoms. The van der Waals surface area contributed by atoms with E-state index < -0.39 is 6.10 Å². The highest BCUT2D eigenvalue weighted by Crippen LogP contribution is 2.09. The number of hydrogen-bond acceptors (Lipinski definition) is 4. The Morgan fingerprint density at radius 3 is 2.65 bits per heavy atom. The fourth-order valence-corrected chi connectivity index (χ4v) is 1.91. The third-order valence-electron chi connectivity index (χ3n) is 2.95. The van der Waals surface area contributed by atoms with Gasteiger partial charge in [0.1, 0.15) is 12.9 Å². The molecule has 1 N–H and O–H groups in total. The van der Waals surface area contributed by atoms with Gasteiger partial charge in [-0.05, 0) is 25.1 Å². The summed E-state index contributed by atoms with van der Waals surface area (Å²) in [5.41, 5.74) is 1.61. The SMILES string of the molecule is C[C@H](O)c1ccn(Cc2ncn(-c3ccccc3)n2)n1. The van der Waals surface area contributed by atoms with Crippen LogP contribution in [0.25, 0.3) is 5.69 Å². The van der Waals surface area contributed by atoms with Crippen molar-refractivity contribution in [2.45, 2.75) is 19.6 Å². The number of rotatable bonds is 4. The minimum Gasteiger partial charge on any atom is -0.387 e. The molecule has 0 spiro atoms. The number of aliphatic hydroxyl groups is 1. The van der Waals surface area contributed by atoms with Crippen LogP contribution in [-0.4, -0.2) is 29.7 Å². The van der Waals surface area contributed by atoms with E-state index in [1.54, 1.807) is 28.7 Å². The largest absolute Gasteiger partial charge is 0.387 e. The summed E-state index contributed by atoms with van der Waals surface area (Å²) in [6.45, 7) is 2.17. The van der Waals surface area contributed by atoms with Crippen LogP contribution in [0.5, 0.6) is 0 Å². The average Bonchev–Trinajstić information content (AvgIpc) is 3.10. The van der Waals surface area contributed by atoms with Crippen LogP contribution in [0.2, 0.25) is 0 Å². The molecule has 1 aromatic carbocycles. The Morgan fingerprint density at radius 2 is 1.95 bits per heavy atom. The van der Waals surface area contributed by atoms with Crippen molar-refractivity contribution in [1.82, 2.24) is 24.5 Å². The number of hydrogen-bond donors (Lipinski definition) is 1. The Labute approximate surface area is 116 Å². The fourth-order valence-electron chi connectivity index (χ4n) is 1.91. The molecule has 0 aliphatic heterocycles. The highest BCUT2D eigenvalue weighted by molar-refractivity contribution is 5.29. The van der Waals surface area contributed by atoms with Gasteiger partial charge >= 0.3 is 0 Å². The van der Waals surface area contributed by atoms with Crippen LogP contribution >= 0.6 is 0 Å². The van der Waals surface area contributed by atoms with Gasteiger partial charge in [-0.25, -0.2) is 9.67 Å². The van der Waals surface area contributed by atoms with Gasteiger partial charge in [0.2, 0.25) is 0 Å². The summed E-state index contributed by atoms with van der Waals surface area (Å²) in [6, 6.07) is 11.6. The van der Waals surface area contributed by atoms with E-state index >= 15 is 0 Å². The van der Waals surface area contributed by atoms with Gasteiger partial charge in [0, 0.05) is 6.20 Å². The van der Waals surface area contributed by atoms with Crippen molar-refractivity contribution in [2.24, 2.45) is 0 Å². The average molecular weight is 269 g/mol. The number of nitrogens with zero attached hydrogens (tertiary/aromatic N) is 5. The molecule has 3 aromatic rings. The lowest BCUT2D eigenvalue weighted by Gasteiger charge is -2.00. The molecular weight excluding hydrogens is 254 g/mol. The molecule has 0 amide bonds. The Kier molecular flexibility index (Phi) is 3.30. The lowest BCUT2D eigenvalue weighted by molar-refractivity contribution is 0.193. The minimum atomic E-state index is -0.564. The molecule has 3 rings (SSSR count). The lowest BCUT2D eigenvalue weighted by atomic mass is 10.3. The molecule has 0 unspecified atom stereocenters. The Balaban J connectivity index is 1.77. The van der Waals surface area contributed by atoms with E-state index in [1.165, 1.54) is 0 Å². The number of aliphatic hydroxyl groups excluding tert-OH is 1. The van der Waals surface area contributed by atoms with Crippen molar-refractivity contribution in [1.29, 1.82) is 0 Å². The van der Waals surface area contributed by atoms with Gasteiger partial charge in [-0.2, -0.15) is 5.10 Å². The quantitative estimate of drug-likeness (QED) is 0.780. The van der Waals surface area contributed by atoms with E-state index in [0.717, 1.165) is 5.69 Å². The molecule has 20 heavy (non-hydrogen) atoms. The van der Waals surface area contributed by atoms with Crippen molar-refractivity contribution < 1.29 is 5.11 Å². The summed E-state index contributed by atoms with van der Waals surface area (Å²) in [5.74, 6) is 0.675. The predicted octanol–water partition coefficient (Wildman–Crippen LogP) is 1.57. The molecule has 0 saturated carbocycles. The molecule has 2 heterocycles. The van der Waals surface area contributed by atoms with E-state index in [9.17, 15) is 5.11 Å². The Morgan fingerprint density at radius 1 is 1.15 bits per heavy atom. The third kappa shape index (κ3) is 2.60. The Bertz CT molecular complexity index is 686. The van der Waals surface area contributed by atoms with E-state index in [-0.39, 0.29) is 0 Å². The van der Waals surface area contributed by atoms with Crippen LogP contribution < -0.4 is 0 Å². The zero-order chi connectivity index (χ0) is 13.9. The van der Waals surface area contributed by atoms with Gasteiger partial charge in [-0.3, -0.25) is 4.68 Å². The molecule has 6 nitrogen and oxygen atoms in total. The maximum Gasteiger partial charge on any atom is 0.172 e. The second-order valence-corrected chi connectivity index (χ2v) is 4.56. The van der Waals surface area contributed by atoms with Crippen LogP contribution in [0, 0.1) is 0 Å². The van der Waals surface area contributed by atoms with Gasteiger partial charge in [0.15, 0.2) is 5.82 Å². The molecule has 6 heteroatoms. The fraction of sp³-hybridized carbons (Fsp3) is 0.214. The van der Waals surface area contributed by atoms with E-state index in [1.807, 2.05) is 36.5 Å². The van der Waals surface area contributed by atoms with Crippen LogP contribution in [-0.2, 0) is 6.54 Å². The van der Waals surface area contributed by atoms with Crippen LogP contribution in [0.1, 0.15) is 24.5 Å². The topological polar surface area (TPSA) is 68.8 Å². The first kappa shape index (κ1) is 12.6. The van der Waals surface area contributed by atoms with Gasteiger partial charge < -0.3 is 5.11 Å². The van der Waals surface area contributed by atoms with Crippen molar-refractivity contribution in [3.8, 4) is 5.69 Å². The molecule has 0 aliphatic rings. The number of benzene rings is 1. The monoisotopic (exact) mass is 269 g/mol. The van der Waals surface area contributed by atoms with E-state index in [2.05, 4.69) is 15.2 Å². The normalized spacial score (nSPS) is 12.5. The molecule has 1 atom stereocenters. The van der Waals surface area contributed by atoms with Gasteiger partial charge in [0.25, 0.3) is 0 Å². The van der Waals surface area contributed by atoms with Crippen LogP contribution in [0.4, 0.5) is 0 Å². The smallest absolute Gasteiger partial charge is 0.172 e. The second kappa shape index (κ2) is 5.26. The summed E-state index contributed by atoms with van der Waals surface area (Å²) < 4.78 is 3.45. The minimum absolute atomic E-state index is 0.479. The number of para-hydroxylation sites is 1. The molecule has 102 valence electrons. The molecule has 2 aromatic heterocycles. The van der Waals surface area contributed by atoms with Crippen LogP contribution in [0.3, 0.4) is 0 Å². The first-order chi connectivity index (χ1) is 9.72.